The quantitative estimate of drug-likeness (QED) is 0.434. The van der Waals surface area contributed by atoms with E-state index in [2.05, 4.69) is 15.7 Å². The largest absolute Gasteiger partial charge is 0.392 e. The van der Waals surface area contributed by atoms with Gasteiger partial charge >= 0.3 is 6.03 Å². The Kier molecular flexibility index (Phi) is 2.08. The van der Waals surface area contributed by atoms with Crippen molar-refractivity contribution >= 4 is 17.5 Å². The van der Waals surface area contributed by atoms with Crippen LogP contribution in [0.5, 0.6) is 0 Å². The van der Waals surface area contributed by atoms with E-state index in [4.69, 9.17) is 10.7 Å². The third kappa shape index (κ3) is 1.53. The highest BCUT2D eigenvalue weighted by Gasteiger charge is 2.26. The number of carbonyl (C=O) groups is 1. The molecule has 0 aromatic heterocycles. The van der Waals surface area contributed by atoms with Gasteiger partial charge in [-0.05, 0) is 6.92 Å². The van der Waals surface area contributed by atoms with Crippen LogP contribution >= 0.6 is 0 Å². The van der Waals surface area contributed by atoms with E-state index in [1.807, 2.05) is 6.92 Å². The number of oxime groups is 1. The number of nitrogens with two attached hydrogens (primary N) is 1. The molecule has 0 fully saturated rings. The van der Waals surface area contributed by atoms with Crippen molar-refractivity contribution in [3.63, 3.8) is 0 Å². The summed E-state index contributed by atoms with van der Waals surface area (Å²) in [7, 11) is 0. The topological polar surface area (TPSA) is 92.3 Å². The lowest BCUT2D eigenvalue weighted by molar-refractivity contribution is 0.0995. The van der Waals surface area contributed by atoms with Crippen LogP contribution in [0.1, 0.15) is 13.3 Å². The number of carbonyl (C=O) groups excluding carboxylic acids is 1. The van der Waals surface area contributed by atoms with Crippen LogP contribution in [0, 0.1) is 0 Å². The Morgan fingerprint density at radius 3 is 3.00 bits per heavy atom. The summed E-state index contributed by atoms with van der Waals surface area (Å²) < 4.78 is 0. The van der Waals surface area contributed by atoms with E-state index in [-0.39, 0.29) is 12.6 Å². The van der Waals surface area contributed by atoms with Gasteiger partial charge in [-0.2, -0.15) is 5.10 Å². The van der Waals surface area contributed by atoms with Crippen LogP contribution in [-0.2, 0) is 4.84 Å². The second-order valence-electron chi connectivity index (χ2n) is 3.26. The van der Waals surface area contributed by atoms with Gasteiger partial charge in [0, 0.05) is 6.42 Å². The second-order valence-corrected chi connectivity index (χ2v) is 3.26. The fourth-order valence-electron chi connectivity index (χ4n) is 1.27. The first kappa shape index (κ1) is 8.95. The number of amides is 2. The minimum atomic E-state index is -0.415. The molecule has 2 aliphatic rings. The van der Waals surface area contributed by atoms with Crippen molar-refractivity contribution in [2.45, 2.75) is 19.4 Å². The van der Waals surface area contributed by atoms with Crippen molar-refractivity contribution in [3.05, 3.63) is 0 Å². The molecule has 3 N–H and O–H groups in total. The monoisotopic (exact) mass is 197 g/mol. The molecule has 0 bridgehead atoms. The first-order chi connectivity index (χ1) is 6.66. The van der Waals surface area contributed by atoms with Crippen molar-refractivity contribution in [1.29, 1.82) is 0 Å². The number of rotatable bonds is 1. The fourth-order valence-corrected chi connectivity index (χ4v) is 1.27. The molecule has 1 atom stereocenters. The zero-order valence-electron chi connectivity index (χ0n) is 7.73. The van der Waals surface area contributed by atoms with E-state index in [0.717, 1.165) is 10.7 Å². The molecule has 0 saturated heterocycles. The van der Waals surface area contributed by atoms with E-state index in [0.29, 0.717) is 12.1 Å². The molecule has 0 saturated carbocycles. The molecule has 2 amide bonds. The van der Waals surface area contributed by atoms with Crippen molar-refractivity contribution < 1.29 is 9.63 Å². The normalized spacial score (nSPS) is 26.6. The molecule has 0 aromatic carbocycles. The van der Waals surface area contributed by atoms with Crippen molar-refractivity contribution in [2.24, 2.45) is 16.1 Å². The van der Waals surface area contributed by atoms with Gasteiger partial charge in [-0.25, -0.2) is 16.1 Å². The van der Waals surface area contributed by atoms with Gasteiger partial charge in [-0.1, -0.05) is 5.16 Å². The highest BCUT2D eigenvalue weighted by atomic mass is 16.6. The summed E-state index contributed by atoms with van der Waals surface area (Å²) in [6, 6.07) is -0.415. The summed E-state index contributed by atoms with van der Waals surface area (Å²) in [5.74, 6) is 5.42. The Labute approximate surface area is 80.5 Å². The molecular weight excluding hydrogens is 186 g/mol. The first-order valence-electron chi connectivity index (χ1n) is 4.28. The van der Waals surface area contributed by atoms with Gasteiger partial charge in [0.25, 0.3) is 0 Å². The Balaban J connectivity index is 2.09. The summed E-state index contributed by atoms with van der Waals surface area (Å²) in [5.41, 5.74) is 3.68. The van der Waals surface area contributed by atoms with Crippen molar-refractivity contribution in [2.75, 3.05) is 6.54 Å². The minimum Gasteiger partial charge on any atom is -0.392 e. The van der Waals surface area contributed by atoms with E-state index < -0.39 is 6.03 Å². The number of hydrazine groups is 1. The predicted molar refractivity (Wildman–Crippen MR) is 49.5 cm³/mol. The molecule has 0 radical (unpaired) electrons. The molecule has 2 heterocycles. The molecule has 0 aliphatic carbocycles. The van der Waals surface area contributed by atoms with Gasteiger partial charge in [0.2, 0.25) is 0 Å². The third-order valence-corrected chi connectivity index (χ3v) is 2.02. The molecule has 76 valence electrons. The Morgan fingerprint density at radius 2 is 2.43 bits per heavy atom. The number of hydrazone groups is 1. The zero-order valence-corrected chi connectivity index (χ0v) is 7.73. The standard InChI is InChI=1S/C7H11N5O2/c1-4-2-5(11-14-4)6-3-12(8)7(13)10-9-6/h4H,2-3,8H2,1H3,(H,10,13). The van der Waals surface area contributed by atoms with Gasteiger partial charge in [0.1, 0.15) is 17.5 Å². The molecule has 1 unspecified atom stereocenters. The van der Waals surface area contributed by atoms with E-state index in [1.54, 1.807) is 0 Å². The number of nitrogens with one attached hydrogen (secondary N) is 1. The van der Waals surface area contributed by atoms with E-state index >= 15 is 0 Å². The lowest BCUT2D eigenvalue weighted by Gasteiger charge is -2.21. The first-order valence-corrected chi connectivity index (χ1v) is 4.28. The molecule has 7 nitrogen and oxygen atoms in total. The van der Waals surface area contributed by atoms with Crippen LogP contribution in [0.4, 0.5) is 4.79 Å². The highest BCUT2D eigenvalue weighted by Crippen LogP contribution is 2.11. The Morgan fingerprint density at radius 1 is 1.64 bits per heavy atom. The molecule has 2 rings (SSSR count). The Bertz CT molecular complexity index is 324. The summed E-state index contributed by atoms with van der Waals surface area (Å²) >= 11 is 0. The number of hydrogen-bond acceptors (Lipinski definition) is 5. The van der Waals surface area contributed by atoms with E-state index in [1.165, 1.54) is 0 Å². The lowest BCUT2D eigenvalue weighted by atomic mass is 10.1. The number of urea groups is 1. The van der Waals surface area contributed by atoms with Gasteiger partial charge in [0.05, 0.1) is 6.54 Å². The average molecular weight is 197 g/mol. The Hall–Kier alpha value is -1.63. The molecule has 2 aliphatic heterocycles. The predicted octanol–water partition coefficient (Wildman–Crippen LogP) is -0.594. The fraction of sp³-hybridized carbons (Fsp3) is 0.571. The van der Waals surface area contributed by atoms with E-state index in [9.17, 15) is 4.79 Å². The van der Waals surface area contributed by atoms with Crippen LogP contribution in [-0.4, -0.2) is 35.1 Å². The molecule has 0 spiro atoms. The third-order valence-electron chi connectivity index (χ3n) is 2.02. The molecular formula is C7H11N5O2. The number of hydrogen-bond donors (Lipinski definition) is 2. The maximum absolute atomic E-state index is 10.9. The SMILES string of the molecule is CC1CC(C2=NNC(=O)N(N)C2)=NO1. The van der Waals surface area contributed by atoms with Crippen LogP contribution in [0.3, 0.4) is 0 Å². The smallest absolute Gasteiger partial charge is 0.352 e. The zero-order chi connectivity index (χ0) is 10.1. The molecule has 7 heteroatoms. The maximum atomic E-state index is 10.9. The molecule has 0 aromatic rings. The summed E-state index contributed by atoms with van der Waals surface area (Å²) in [6.07, 6.45) is 0.763. The maximum Gasteiger partial charge on any atom is 0.352 e. The second kappa shape index (κ2) is 3.26. The average Bonchev–Trinajstić information content (AvgIpc) is 2.57. The van der Waals surface area contributed by atoms with Gasteiger partial charge in [0.15, 0.2) is 0 Å². The minimum absolute atomic E-state index is 0.0663. The van der Waals surface area contributed by atoms with Crippen LogP contribution < -0.4 is 11.3 Å². The summed E-state index contributed by atoms with van der Waals surface area (Å²) in [6.45, 7) is 2.18. The van der Waals surface area contributed by atoms with Crippen LogP contribution in [0.15, 0.2) is 10.3 Å². The summed E-state index contributed by atoms with van der Waals surface area (Å²) in [4.78, 5) is 15.9. The van der Waals surface area contributed by atoms with Crippen molar-refractivity contribution in [3.8, 4) is 0 Å². The van der Waals surface area contributed by atoms with Gasteiger partial charge < -0.3 is 4.84 Å². The van der Waals surface area contributed by atoms with Crippen LogP contribution in [0.2, 0.25) is 0 Å². The highest BCUT2D eigenvalue weighted by molar-refractivity contribution is 6.43. The molecule has 14 heavy (non-hydrogen) atoms. The van der Waals surface area contributed by atoms with Gasteiger partial charge in [-0.15, -0.1) is 0 Å². The summed E-state index contributed by atoms with van der Waals surface area (Å²) in [5, 5.41) is 8.76. The lowest BCUT2D eigenvalue weighted by Crippen LogP contribution is -2.51. The van der Waals surface area contributed by atoms with Gasteiger partial charge in [-0.3, -0.25) is 5.01 Å². The van der Waals surface area contributed by atoms with Crippen molar-refractivity contribution in [1.82, 2.24) is 10.4 Å². The van der Waals surface area contributed by atoms with Crippen LogP contribution in [0.25, 0.3) is 0 Å². The number of nitrogens with zero attached hydrogens (tertiary/aromatic N) is 3.